The Morgan fingerprint density at radius 1 is 1.39 bits per heavy atom. The molecule has 0 aromatic rings. The first-order valence-corrected chi connectivity index (χ1v) is 8.70. The molecular formula is C14H18O8S. The summed E-state index contributed by atoms with van der Waals surface area (Å²) in [6.07, 6.45) is 0.608. The molecule has 128 valence electrons. The molecule has 0 N–H and O–H groups in total. The van der Waals surface area contributed by atoms with Crippen molar-refractivity contribution in [1.29, 1.82) is 0 Å². The summed E-state index contributed by atoms with van der Waals surface area (Å²) < 4.78 is 43.5. The van der Waals surface area contributed by atoms with Crippen molar-refractivity contribution >= 4 is 22.1 Å². The zero-order chi connectivity index (χ0) is 16.8. The number of ether oxygens (including phenoxy) is 3. The normalized spacial score (nSPS) is 39.2. The van der Waals surface area contributed by atoms with Crippen molar-refractivity contribution in [1.82, 2.24) is 0 Å². The van der Waals surface area contributed by atoms with E-state index in [0.717, 1.165) is 6.08 Å². The van der Waals surface area contributed by atoms with Crippen molar-refractivity contribution < 1.29 is 36.4 Å². The van der Waals surface area contributed by atoms with E-state index in [0.29, 0.717) is 6.42 Å². The van der Waals surface area contributed by atoms with Crippen LogP contribution in [0.25, 0.3) is 0 Å². The molecule has 0 amide bonds. The van der Waals surface area contributed by atoms with Crippen LogP contribution in [-0.4, -0.2) is 57.6 Å². The second-order valence-electron chi connectivity index (χ2n) is 5.91. The molecule has 1 aliphatic heterocycles. The molecule has 0 aromatic heterocycles. The van der Waals surface area contributed by atoms with E-state index in [9.17, 15) is 18.0 Å². The molecule has 3 rings (SSSR count). The minimum atomic E-state index is -4.04. The van der Waals surface area contributed by atoms with Crippen LogP contribution in [0.5, 0.6) is 0 Å². The second-order valence-corrected chi connectivity index (χ2v) is 7.74. The molecule has 9 heteroatoms. The van der Waals surface area contributed by atoms with Crippen LogP contribution < -0.4 is 0 Å². The van der Waals surface area contributed by atoms with E-state index in [1.54, 1.807) is 0 Å². The fourth-order valence-electron chi connectivity index (χ4n) is 4.05. The Morgan fingerprint density at radius 2 is 2.13 bits per heavy atom. The van der Waals surface area contributed by atoms with Gasteiger partial charge in [-0.05, 0) is 18.8 Å². The second kappa shape index (κ2) is 5.57. The number of rotatable bonds is 6. The lowest BCUT2D eigenvalue weighted by Crippen LogP contribution is -2.50. The molecule has 5 unspecified atom stereocenters. The largest absolute Gasteiger partial charge is 0.468 e. The van der Waals surface area contributed by atoms with E-state index in [-0.39, 0.29) is 25.6 Å². The SMILES string of the molecule is C=CC(=O)OCCOC1C2CC3C1OS(=O)(=O)C3(C(=O)OC)C2. The Hall–Kier alpha value is -1.45. The van der Waals surface area contributed by atoms with E-state index < -0.39 is 44.9 Å². The molecule has 0 aromatic carbocycles. The first kappa shape index (κ1) is 16.4. The van der Waals surface area contributed by atoms with E-state index in [2.05, 4.69) is 6.58 Å². The van der Waals surface area contributed by atoms with Crippen molar-refractivity contribution in [3.05, 3.63) is 12.7 Å². The minimum absolute atomic E-state index is 0.0420. The molecule has 2 bridgehead atoms. The van der Waals surface area contributed by atoms with Gasteiger partial charge in [-0.1, -0.05) is 6.58 Å². The van der Waals surface area contributed by atoms with Crippen LogP contribution in [0.2, 0.25) is 0 Å². The number of carbonyl (C=O) groups is 2. The standard InChI is InChI=1S/C14H18O8S/c1-3-10(15)20-4-5-21-11-8-6-9-12(11)22-23(17,18)14(9,7-8)13(16)19-2/h3,8-9,11-12H,1,4-7H2,2H3. The van der Waals surface area contributed by atoms with Crippen LogP contribution in [-0.2, 0) is 38.1 Å². The van der Waals surface area contributed by atoms with Gasteiger partial charge in [-0.2, -0.15) is 8.42 Å². The van der Waals surface area contributed by atoms with E-state index >= 15 is 0 Å². The van der Waals surface area contributed by atoms with Gasteiger partial charge < -0.3 is 14.2 Å². The fourth-order valence-corrected chi connectivity index (χ4v) is 6.07. The number of esters is 2. The van der Waals surface area contributed by atoms with Gasteiger partial charge in [0, 0.05) is 12.0 Å². The zero-order valence-corrected chi connectivity index (χ0v) is 13.4. The number of hydrogen-bond donors (Lipinski definition) is 0. The first-order chi connectivity index (χ1) is 10.9. The van der Waals surface area contributed by atoms with Crippen molar-refractivity contribution in [2.75, 3.05) is 20.3 Å². The molecule has 23 heavy (non-hydrogen) atoms. The highest BCUT2D eigenvalue weighted by Gasteiger charge is 2.77. The molecule has 3 fully saturated rings. The topological polar surface area (TPSA) is 105 Å². The van der Waals surface area contributed by atoms with Crippen LogP contribution in [0.4, 0.5) is 0 Å². The minimum Gasteiger partial charge on any atom is -0.468 e. The summed E-state index contributed by atoms with van der Waals surface area (Å²) >= 11 is 0. The van der Waals surface area contributed by atoms with Crippen LogP contribution in [0, 0.1) is 11.8 Å². The number of carbonyl (C=O) groups excluding carboxylic acids is 2. The molecular weight excluding hydrogens is 328 g/mol. The summed E-state index contributed by atoms with van der Waals surface area (Å²) in [5.74, 6) is -1.86. The molecule has 8 nitrogen and oxygen atoms in total. The maximum absolute atomic E-state index is 12.3. The maximum atomic E-state index is 12.3. The highest BCUT2D eigenvalue weighted by molar-refractivity contribution is 7.89. The van der Waals surface area contributed by atoms with E-state index in [4.69, 9.17) is 18.4 Å². The fraction of sp³-hybridized carbons (Fsp3) is 0.714. The van der Waals surface area contributed by atoms with Gasteiger partial charge >= 0.3 is 11.9 Å². The smallest absolute Gasteiger partial charge is 0.330 e. The van der Waals surface area contributed by atoms with Crippen molar-refractivity contribution in [3.63, 3.8) is 0 Å². The van der Waals surface area contributed by atoms with E-state index in [1.165, 1.54) is 7.11 Å². The molecule has 3 aliphatic rings. The lowest BCUT2D eigenvalue weighted by molar-refractivity contribution is -0.148. The first-order valence-electron chi connectivity index (χ1n) is 7.29. The predicted molar refractivity (Wildman–Crippen MR) is 75.6 cm³/mol. The molecule has 5 atom stereocenters. The Labute approximate surface area is 133 Å². The molecule has 1 heterocycles. The van der Waals surface area contributed by atoms with Crippen molar-refractivity contribution in [3.8, 4) is 0 Å². The van der Waals surface area contributed by atoms with Gasteiger partial charge in [-0.3, -0.25) is 8.98 Å². The number of hydrogen-bond acceptors (Lipinski definition) is 8. The summed E-state index contributed by atoms with van der Waals surface area (Å²) in [6, 6.07) is 0. The number of methoxy groups -OCH3 is 1. The summed E-state index contributed by atoms with van der Waals surface area (Å²) in [5.41, 5.74) is 0. The molecule has 0 radical (unpaired) electrons. The van der Waals surface area contributed by atoms with Gasteiger partial charge in [0.25, 0.3) is 10.1 Å². The monoisotopic (exact) mass is 346 g/mol. The quantitative estimate of drug-likeness (QED) is 0.281. The van der Waals surface area contributed by atoms with Gasteiger partial charge in [0.05, 0.1) is 19.8 Å². The molecule has 2 aliphatic carbocycles. The van der Waals surface area contributed by atoms with Crippen LogP contribution in [0.15, 0.2) is 12.7 Å². The molecule has 1 saturated heterocycles. The van der Waals surface area contributed by atoms with Crippen molar-refractivity contribution in [2.24, 2.45) is 11.8 Å². The Morgan fingerprint density at radius 3 is 2.78 bits per heavy atom. The summed E-state index contributed by atoms with van der Waals surface area (Å²) in [7, 11) is -2.86. The maximum Gasteiger partial charge on any atom is 0.330 e. The van der Waals surface area contributed by atoms with Gasteiger partial charge in [0.2, 0.25) is 0 Å². The van der Waals surface area contributed by atoms with Crippen molar-refractivity contribution in [2.45, 2.75) is 29.8 Å². The lowest BCUT2D eigenvalue weighted by atomic mass is 9.84. The van der Waals surface area contributed by atoms with Crippen LogP contribution >= 0.6 is 0 Å². The average molecular weight is 346 g/mol. The number of fused-ring (bicyclic) bond motifs is 1. The van der Waals surface area contributed by atoms with Gasteiger partial charge in [0.1, 0.15) is 12.7 Å². The average Bonchev–Trinajstić information content (AvgIpc) is 3.10. The third-order valence-corrected chi connectivity index (χ3v) is 6.93. The highest BCUT2D eigenvalue weighted by Crippen LogP contribution is 2.62. The van der Waals surface area contributed by atoms with Gasteiger partial charge in [0.15, 0.2) is 4.75 Å². The third kappa shape index (κ3) is 2.21. The Balaban J connectivity index is 1.69. The zero-order valence-electron chi connectivity index (χ0n) is 12.6. The van der Waals surface area contributed by atoms with Gasteiger partial charge in [-0.15, -0.1) is 0 Å². The third-order valence-electron chi connectivity index (χ3n) is 4.93. The van der Waals surface area contributed by atoms with E-state index in [1.807, 2.05) is 0 Å². The Kier molecular flexibility index (Phi) is 3.97. The predicted octanol–water partition coefficient (Wildman–Crippen LogP) is -0.219. The summed E-state index contributed by atoms with van der Waals surface area (Å²) in [5, 5.41) is 0. The highest BCUT2D eigenvalue weighted by atomic mass is 32.2. The Bertz CT molecular complexity index is 641. The van der Waals surface area contributed by atoms with Crippen LogP contribution in [0.3, 0.4) is 0 Å². The summed E-state index contributed by atoms with van der Waals surface area (Å²) in [4.78, 5) is 23.0. The van der Waals surface area contributed by atoms with Gasteiger partial charge in [-0.25, -0.2) is 4.79 Å². The molecule has 0 spiro atoms. The van der Waals surface area contributed by atoms with Crippen LogP contribution in [0.1, 0.15) is 12.8 Å². The lowest BCUT2D eigenvalue weighted by Gasteiger charge is -2.30. The summed E-state index contributed by atoms with van der Waals surface area (Å²) in [6.45, 7) is 3.45. The molecule has 2 saturated carbocycles.